The number of aromatic nitrogens is 1. The average molecular weight is 417 g/mol. The fourth-order valence-corrected chi connectivity index (χ4v) is 4.40. The Labute approximate surface area is 170 Å². The van der Waals surface area contributed by atoms with Gasteiger partial charge in [-0.05, 0) is 54.8 Å². The summed E-state index contributed by atoms with van der Waals surface area (Å²) in [5.41, 5.74) is 1.36. The van der Waals surface area contributed by atoms with Gasteiger partial charge in [0.25, 0.3) is 5.91 Å². The normalized spacial score (nSPS) is 17.2. The number of hydrogen-bond acceptors (Lipinski definition) is 6. The lowest BCUT2D eigenvalue weighted by Crippen LogP contribution is -2.36. The molecule has 0 unspecified atom stereocenters. The molecule has 1 aromatic heterocycles. The summed E-state index contributed by atoms with van der Waals surface area (Å²) in [7, 11) is -3.51. The van der Waals surface area contributed by atoms with Crippen molar-refractivity contribution in [3.63, 3.8) is 0 Å². The highest BCUT2D eigenvalue weighted by molar-refractivity contribution is 7.89. The standard InChI is InChI=1S/C20H24N4O4S/c25-20(16-1-5-18(6-2-16)29(26,27)23-17-3-4-17)22-14-15-7-8-21-19(13-15)24-9-11-28-12-10-24/h1-2,5-8,13,17,23H,3-4,9-12,14H2,(H,22,25). The Morgan fingerprint density at radius 3 is 2.55 bits per heavy atom. The zero-order chi connectivity index (χ0) is 20.3. The van der Waals surface area contributed by atoms with Crippen molar-refractivity contribution >= 4 is 21.7 Å². The minimum absolute atomic E-state index is 0.0469. The second-order valence-electron chi connectivity index (χ2n) is 7.22. The van der Waals surface area contributed by atoms with E-state index in [9.17, 15) is 13.2 Å². The van der Waals surface area contributed by atoms with E-state index in [4.69, 9.17) is 4.74 Å². The van der Waals surface area contributed by atoms with Gasteiger partial charge in [-0.25, -0.2) is 18.1 Å². The molecule has 9 heteroatoms. The van der Waals surface area contributed by atoms with E-state index in [1.54, 1.807) is 6.20 Å². The van der Waals surface area contributed by atoms with Gasteiger partial charge < -0.3 is 15.0 Å². The van der Waals surface area contributed by atoms with Gasteiger partial charge in [-0.1, -0.05) is 0 Å². The molecule has 2 heterocycles. The first-order valence-corrected chi connectivity index (χ1v) is 11.2. The van der Waals surface area contributed by atoms with Crippen molar-refractivity contribution in [1.82, 2.24) is 15.0 Å². The van der Waals surface area contributed by atoms with Crippen LogP contribution in [0, 0.1) is 0 Å². The Morgan fingerprint density at radius 1 is 1.14 bits per heavy atom. The van der Waals surface area contributed by atoms with Gasteiger partial charge >= 0.3 is 0 Å². The van der Waals surface area contributed by atoms with Crippen LogP contribution in [0.1, 0.15) is 28.8 Å². The maximum Gasteiger partial charge on any atom is 0.251 e. The van der Waals surface area contributed by atoms with Gasteiger partial charge in [-0.2, -0.15) is 0 Å². The Morgan fingerprint density at radius 2 is 1.86 bits per heavy atom. The molecule has 2 aromatic rings. The molecule has 0 radical (unpaired) electrons. The van der Waals surface area contributed by atoms with Gasteiger partial charge in [-0.15, -0.1) is 0 Å². The highest BCUT2D eigenvalue weighted by Crippen LogP contribution is 2.22. The van der Waals surface area contributed by atoms with Crippen molar-refractivity contribution in [2.24, 2.45) is 0 Å². The molecule has 1 aliphatic heterocycles. The molecule has 0 spiro atoms. The number of anilines is 1. The molecule has 0 atom stereocenters. The number of benzene rings is 1. The van der Waals surface area contributed by atoms with E-state index in [1.165, 1.54) is 24.3 Å². The van der Waals surface area contributed by atoms with Crippen LogP contribution < -0.4 is 14.9 Å². The van der Waals surface area contributed by atoms with Gasteiger partial charge in [0.15, 0.2) is 0 Å². The lowest BCUT2D eigenvalue weighted by molar-refractivity contribution is 0.0951. The SMILES string of the molecule is O=C(NCc1ccnc(N2CCOCC2)c1)c1ccc(S(=O)(=O)NC2CC2)cc1. The molecule has 2 aliphatic rings. The Kier molecular flexibility index (Phi) is 5.79. The van der Waals surface area contributed by atoms with Crippen molar-refractivity contribution in [1.29, 1.82) is 0 Å². The molecule has 1 amide bonds. The highest BCUT2D eigenvalue weighted by Gasteiger charge is 2.28. The molecule has 2 fully saturated rings. The quantitative estimate of drug-likeness (QED) is 0.705. The van der Waals surface area contributed by atoms with Crippen LogP contribution in [0.3, 0.4) is 0 Å². The monoisotopic (exact) mass is 416 g/mol. The number of morpholine rings is 1. The summed E-state index contributed by atoms with van der Waals surface area (Å²) in [5, 5.41) is 2.87. The first kappa shape index (κ1) is 19.8. The first-order valence-electron chi connectivity index (χ1n) is 9.69. The molecule has 154 valence electrons. The Balaban J connectivity index is 1.36. The summed E-state index contributed by atoms with van der Waals surface area (Å²) in [6, 6.07) is 9.86. The van der Waals surface area contributed by atoms with Gasteiger partial charge in [0.2, 0.25) is 10.0 Å². The number of carbonyl (C=O) groups excluding carboxylic acids is 1. The summed E-state index contributed by atoms with van der Waals surface area (Å²) in [5.74, 6) is 0.617. The third-order valence-electron chi connectivity index (χ3n) is 4.92. The van der Waals surface area contributed by atoms with Crippen LogP contribution in [0.2, 0.25) is 0 Å². The number of amides is 1. The third kappa shape index (κ3) is 5.11. The van der Waals surface area contributed by atoms with E-state index in [1.807, 2.05) is 12.1 Å². The molecule has 8 nitrogen and oxygen atoms in total. The number of ether oxygens (including phenoxy) is 1. The largest absolute Gasteiger partial charge is 0.378 e. The molecule has 1 saturated carbocycles. The van der Waals surface area contributed by atoms with Crippen molar-refractivity contribution in [3.05, 3.63) is 53.7 Å². The van der Waals surface area contributed by atoms with Crippen LogP contribution >= 0.6 is 0 Å². The van der Waals surface area contributed by atoms with Crippen molar-refractivity contribution in [2.45, 2.75) is 30.3 Å². The molecule has 1 saturated heterocycles. The van der Waals surface area contributed by atoms with Crippen molar-refractivity contribution in [3.8, 4) is 0 Å². The zero-order valence-corrected chi connectivity index (χ0v) is 16.8. The van der Waals surface area contributed by atoms with Crippen LogP contribution in [0.5, 0.6) is 0 Å². The maximum atomic E-state index is 12.4. The van der Waals surface area contributed by atoms with Crippen LogP contribution in [0.15, 0.2) is 47.5 Å². The number of nitrogens with one attached hydrogen (secondary N) is 2. The van der Waals surface area contributed by atoms with E-state index in [0.29, 0.717) is 25.3 Å². The molecular formula is C20H24N4O4S. The molecule has 4 rings (SSSR count). The lowest BCUT2D eigenvalue weighted by atomic mass is 10.2. The first-order chi connectivity index (χ1) is 14.0. The van der Waals surface area contributed by atoms with Crippen LogP contribution in [-0.4, -0.2) is 51.7 Å². The number of rotatable bonds is 7. The molecule has 1 aromatic carbocycles. The summed E-state index contributed by atoms with van der Waals surface area (Å²) >= 11 is 0. The molecule has 29 heavy (non-hydrogen) atoms. The minimum Gasteiger partial charge on any atom is -0.378 e. The van der Waals surface area contributed by atoms with E-state index in [0.717, 1.165) is 37.3 Å². The predicted molar refractivity (Wildman–Crippen MR) is 108 cm³/mol. The summed E-state index contributed by atoms with van der Waals surface area (Å²) < 4.78 is 32.4. The Hall–Kier alpha value is -2.49. The van der Waals surface area contributed by atoms with Crippen LogP contribution in [0.25, 0.3) is 0 Å². The molecule has 2 N–H and O–H groups in total. The topological polar surface area (TPSA) is 101 Å². The number of sulfonamides is 1. The maximum absolute atomic E-state index is 12.4. The smallest absolute Gasteiger partial charge is 0.251 e. The fraction of sp³-hybridized carbons (Fsp3) is 0.400. The fourth-order valence-electron chi connectivity index (χ4n) is 3.09. The summed E-state index contributed by atoms with van der Waals surface area (Å²) in [4.78, 5) is 19.2. The van der Waals surface area contributed by atoms with E-state index in [2.05, 4.69) is 19.9 Å². The summed E-state index contributed by atoms with van der Waals surface area (Å²) in [6.07, 6.45) is 3.49. The molecular weight excluding hydrogens is 392 g/mol. The van der Waals surface area contributed by atoms with Crippen LogP contribution in [0.4, 0.5) is 5.82 Å². The third-order valence-corrected chi connectivity index (χ3v) is 6.46. The minimum atomic E-state index is -3.51. The molecule has 1 aliphatic carbocycles. The van der Waals surface area contributed by atoms with Gasteiger partial charge in [-0.3, -0.25) is 4.79 Å². The van der Waals surface area contributed by atoms with Gasteiger partial charge in [0, 0.05) is 37.4 Å². The summed E-state index contributed by atoms with van der Waals surface area (Å²) in [6.45, 7) is 3.33. The molecule has 0 bridgehead atoms. The number of carbonyl (C=O) groups is 1. The van der Waals surface area contributed by atoms with Crippen molar-refractivity contribution in [2.75, 3.05) is 31.2 Å². The highest BCUT2D eigenvalue weighted by atomic mass is 32.2. The van der Waals surface area contributed by atoms with E-state index < -0.39 is 10.0 Å². The van der Waals surface area contributed by atoms with Gasteiger partial charge in [0.1, 0.15) is 5.82 Å². The van der Waals surface area contributed by atoms with Gasteiger partial charge in [0.05, 0.1) is 18.1 Å². The second kappa shape index (κ2) is 8.48. The Bertz CT molecular complexity index is 968. The number of hydrogen-bond donors (Lipinski definition) is 2. The predicted octanol–water partition coefficient (Wildman–Crippen LogP) is 1.29. The lowest BCUT2D eigenvalue weighted by Gasteiger charge is -2.28. The van der Waals surface area contributed by atoms with E-state index >= 15 is 0 Å². The average Bonchev–Trinajstić information content (AvgIpc) is 3.56. The number of nitrogens with zero attached hydrogens (tertiary/aromatic N) is 2. The van der Waals surface area contributed by atoms with E-state index in [-0.39, 0.29) is 16.8 Å². The second-order valence-corrected chi connectivity index (χ2v) is 8.94. The zero-order valence-electron chi connectivity index (χ0n) is 16.0. The van der Waals surface area contributed by atoms with Crippen LogP contribution in [-0.2, 0) is 21.3 Å². The number of pyridine rings is 1. The van der Waals surface area contributed by atoms with Crippen molar-refractivity contribution < 1.29 is 17.9 Å².